The van der Waals surface area contributed by atoms with Crippen molar-refractivity contribution in [1.82, 2.24) is 4.98 Å². The maximum atomic E-state index is 12.6. The van der Waals surface area contributed by atoms with Crippen LogP contribution in [0.4, 0.5) is 26.3 Å². The molecule has 0 spiro atoms. The number of hydrogen-bond donors (Lipinski definition) is 0. The van der Waals surface area contributed by atoms with E-state index in [9.17, 15) is 26.3 Å². The first-order valence-corrected chi connectivity index (χ1v) is 3.82. The van der Waals surface area contributed by atoms with E-state index in [0.717, 1.165) is 0 Å². The normalized spacial score (nSPS) is 12.3. The largest absolute Gasteiger partial charge is 0.420 e. The average molecular weight is 250 g/mol. The Hall–Kier alpha value is -0.980. The fraction of sp³-hybridized carbons (Fsp3) is 0.286. The molecule has 8 heteroatoms. The molecule has 0 saturated heterocycles. The standard InChI is InChI=1S/C7H2ClF6N/c8-4-2(5(9)10)1-3(6(11)15-4)7(12,13)14/h1,5H. The Morgan fingerprint density at radius 2 is 1.80 bits per heavy atom. The van der Waals surface area contributed by atoms with E-state index in [-0.39, 0.29) is 6.07 Å². The Morgan fingerprint density at radius 3 is 2.20 bits per heavy atom. The average Bonchev–Trinajstić information content (AvgIpc) is 2.00. The van der Waals surface area contributed by atoms with Crippen LogP contribution in [0.15, 0.2) is 6.07 Å². The highest BCUT2D eigenvalue weighted by Gasteiger charge is 2.36. The summed E-state index contributed by atoms with van der Waals surface area (Å²) in [6.45, 7) is 0. The second kappa shape index (κ2) is 3.88. The molecule has 0 aliphatic heterocycles. The van der Waals surface area contributed by atoms with Crippen molar-refractivity contribution in [3.8, 4) is 0 Å². The van der Waals surface area contributed by atoms with Crippen LogP contribution in [0, 0.1) is 5.95 Å². The van der Waals surface area contributed by atoms with Crippen LogP contribution in [0.2, 0.25) is 5.15 Å². The molecule has 1 nitrogen and oxygen atoms in total. The van der Waals surface area contributed by atoms with Gasteiger partial charge < -0.3 is 0 Å². The highest BCUT2D eigenvalue weighted by atomic mass is 35.5. The second-order valence-corrected chi connectivity index (χ2v) is 2.86. The smallest absolute Gasteiger partial charge is 0.207 e. The Labute approximate surface area is 84.7 Å². The van der Waals surface area contributed by atoms with Crippen molar-refractivity contribution in [2.45, 2.75) is 12.6 Å². The van der Waals surface area contributed by atoms with Gasteiger partial charge in [0.05, 0.1) is 5.56 Å². The van der Waals surface area contributed by atoms with Crippen molar-refractivity contribution < 1.29 is 26.3 Å². The summed E-state index contributed by atoms with van der Waals surface area (Å²) >= 11 is 5.05. The Balaban J connectivity index is 3.37. The molecule has 1 aromatic heterocycles. The molecule has 0 N–H and O–H groups in total. The van der Waals surface area contributed by atoms with Gasteiger partial charge >= 0.3 is 6.18 Å². The van der Waals surface area contributed by atoms with Gasteiger partial charge in [0, 0.05) is 0 Å². The maximum absolute atomic E-state index is 12.6. The molecule has 0 unspecified atom stereocenters. The number of rotatable bonds is 1. The lowest BCUT2D eigenvalue weighted by molar-refractivity contribution is -0.140. The van der Waals surface area contributed by atoms with Crippen LogP contribution in [0.5, 0.6) is 0 Å². The molecule has 1 rings (SSSR count). The van der Waals surface area contributed by atoms with Gasteiger partial charge in [0.2, 0.25) is 5.95 Å². The van der Waals surface area contributed by atoms with Crippen molar-refractivity contribution >= 4 is 11.6 Å². The molecule has 0 atom stereocenters. The third-order valence-corrected chi connectivity index (χ3v) is 1.80. The Bertz CT molecular complexity index is 374. The second-order valence-electron chi connectivity index (χ2n) is 2.51. The molecule has 0 fully saturated rings. The molecule has 15 heavy (non-hydrogen) atoms. The van der Waals surface area contributed by atoms with Gasteiger partial charge in [0.25, 0.3) is 6.43 Å². The van der Waals surface area contributed by atoms with Crippen molar-refractivity contribution in [2.24, 2.45) is 0 Å². The third-order valence-electron chi connectivity index (χ3n) is 1.50. The zero-order valence-corrected chi connectivity index (χ0v) is 7.50. The molecule has 0 aliphatic rings. The fourth-order valence-corrected chi connectivity index (χ4v) is 1.05. The van der Waals surface area contributed by atoms with Crippen molar-refractivity contribution in [3.63, 3.8) is 0 Å². The van der Waals surface area contributed by atoms with Gasteiger partial charge in [-0.3, -0.25) is 0 Å². The van der Waals surface area contributed by atoms with Gasteiger partial charge in [-0.25, -0.2) is 13.8 Å². The fourth-order valence-electron chi connectivity index (χ4n) is 0.837. The first-order valence-electron chi connectivity index (χ1n) is 3.44. The minimum atomic E-state index is -5.08. The molecule has 84 valence electrons. The highest BCUT2D eigenvalue weighted by Crippen LogP contribution is 2.35. The first kappa shape index (κ1) is 12.1. The predicted molar refractivity (Wildman–Crippen MR) is 39.2 cm³/mol. The highest BCUT2D eigenvalue weighted by molar-refractivity contribution is 6.30. The zero-order valence-electron chi connectivity index (χ0n) is 6.75. The van der Waals surface area contributed by atoms with Gasteiger partial charge in [-0.1, -0.05) is 11.6 Å². The van der Waals surface area contributed by atoms with E-state index in [1.165, 1.54) is 0 Å². The summed E-state index contributed by atoms with van der Waals surface area (Å²) in [6.07, 6.45) is -8.32. The van der Waals surface area contributed by atoms with Crippen LogP contribution >= 0.6 is 11.6 Å². The van der Waals surface area contributed by atoms with E-state index >= 15 is 0 Å². The quantitative estimate of drug-likeness (QED) is 0.544. The minimum absolute atomic E-state index is 0.0463. The molecule has 0 bridgehead atoms. The van der Waals surface area contributed by atoms with Gasteiger partial charge in [-0.05, 0) is 6.07 Å². The predicted octanol–water partition coefficient (Wildman–Crippen LogP) is 3.83. The summed E-state index contributed by atoms with van der Waals surface area (Å²) in [5, 5.41) is -0.976. The number of nitrogens with zero attached hydrogens (tertiary/aromatic N) is 1. The number of pyridine rings is 1. The van der Waals surface area contributed by atoms with Crippen LogP contribution in [-0.2, 0) is 6.18 Å². The molecule has 0 saturated carbocycles. The Kier molecular flexibility index (Phi) is 3.13. The van der Waals surface area contributed by atoms with Crippen LogP contribution < -0.4 is 0 Å². The number of halogens is 7. The minimum Gasteiger partial charge on any atom is -0.207 e. The zero-order chi connectivity index (χ0) is 11.8. The monoisotopic (exact) mass is 249 g/mol. The van der Waals surface area contributed by atoms with Gasteiger partial charge in [-0.15, -0.1) is 0 Å². The van der Waals surface area contributed by atoms with E-state index in [1.54, 1.807) is 0 Å². The summed E-state index contributed by atoms with van der Waals surface area (Å²) in [5.74, 6) is -1.92. The van der Waals surface area contributed by atoms with E-state index in [1.807, 2.05) is 0 Å². The molecule has 0 radical (unpaired) electrons. The topological polar surface area (TPSA) is 12.9 Å². The van der Waals surface area contributed by atoms with Crippen LogP contribution in [-0.4, -0.2) is 4.98 Å². The van der Waals surface area contributed by atoms with Gasteiger partial charge in [0.15, 0.2) is 0 Å². The maximum Gasteiger partial charge on any atom is 0.420 e. The summed E-state index contributed by atoms with van der Waals surface area (Å²) in [7, 11) is 0. The first-order chi connectivity index (χ1) is 6.73. The number of hydrogen-bond acceptors (Lipinski definition) is 1. The lowest BCUT2D eigenvalue weighted by Gasteiger charge is -2.10. The molecule has 1 heterocycles. The third kappa shape index (κ3) is 2.53. The molecular formula is C7H2ClF6N. The summed E-state index contributed by atoms with van der Waals surface area (Å²) in [6, 6.07) is -0.0463. The number of aromatic nitrogens is 1. The van der Waals surface area contributed by atoms with E-state index in [0.29, 0.717) is 0 Å². The lowest BCUT2D eigenvalue weighted by Crippen LogP contribution is -2.11. The summed E-state index contributed by atoms with van der Waals surface area (Å²) in [5.41, 5.74) is -3.01. The SMILES string of the molecule is Fc1nc(Cl)c(C(F)F)cc1C(F)(F)F. The molecule has 0 aliphatic carbocycles. The van der Waals surface area contributed by atoms with Crippen LogP contribution in [0.25, 0.3) is 0 Å². The van der Waals surface area contributed by atoms with Crippen molar-refractivity contribution in [3.05, 3.63) is 28.3 Å². The van der Waals surface area contributed by atoms with Gasteiger partial charge in [0.1, 0.15) is 10.7 Å². The van der Waals surface area contributed by atoms with Gasteiger partial charge in [-0.2, -0.15) is 17.6 Å². The Morgan fingerprint density at radius 1 is 1.27 bits per heavy atom. The molecule has 0 aromatic carbocycles. The van der Waals surface area contributed by atoms with Crippen LogP contribution in [0.1, 0.15) is 17.6 Å². The van der Waals surface area contributed by atoms with Crippen molar-refractivity contribution in [1.29, 1.82) is 0 Å². The van der Waals surface area contributed by atoms with E-state index in [4.69, 9.17) is 11.6 Å². The lowest BCUT2D eigenvalue weighted by atomic mass is 10.2. The molecule has 1 aromatic rings. The van der Waals surface area contributed by atoms with E-state index in [2.05, 4.69) is 4.98 Å². The summed E-state index contributed by atoms with van der Waals surface area (Å²) < 4.78 is 73.0. The molecule has 0 amide bonds. The molecular weight excluding hydrogens is 248 g/mol. The number of alkyl halides is 5. The van der Waals surface area contributed by atoms with Crippen LogP contribution in [0.3, 0.4) is 0 Å². The van der Waals surface area contributed by atoms with Crippen molar-refractivity contribution in [2.75, 3.05) is 0 Å². The summed E-state index contributed by atoms with van der Waals surface area (Å²) in [4.78, 5) is 2.56. The van der Waals surface area contributed by atoms with E-state index < -0.39 is 34.8 Å².